The van der Waals surface area contributed by atoms with Crippen molar-refractivity contribution >= 4 is 21.4 Å². The number of hydrogen-bond donors (Lipinski definition) is 1. The number of piperidine rings is 1. The first kappa shape index (κ1) is 16.4. The van der Waals surface area contributed by atoms with Crippen molar-refractivity contribution in [2.45, 2.75) is 31.7 Å². The molecule has 4 rings (SSSR count). The summed E-state index contributed by atoms with van der Waals surface area (Å²) in [5.41, 5.74) is 0. The molecule has 130 valence electrons. The maximum absolute atomic E-state index is 6.03. The molecule has 2 heterocycles. The Balaban J connectivity index is 1.32. The van der Waals surface area contributed by atoms with Crippen LogP contribution < -0.4 is 14.8 Å². The SMILES string of the molecule is c1ccc2c(Oc3ccc(OCCC4CCCCN4)cc3)csc2c1. The van der Waals surface area contributed by atoms with E-state index < -0.39 is 0 Å². The Bertz CT molecular complexity index is 806. The van der Waals surface area contributed by atoms with Crippen molar-refractivity contribution in [3.05, 3.63) is 53.9 Å². The second kappa shape index (κ2) is 7.89. The Morgan fingerprint density at radius 1 is 1.00 bits per heavy atom. The topological polar surface area (TPSA) is 30.5 Å². The van der Waals surface area contributed by atoms with Crippen LogP contribution in [-0.4, -0.2) is 19.2 Å². The Labute approximate surface area is 152 Å². The van der Waals surface area contributed by atoms with Crippen molar-refractivity contribution in [1.29, 1.82) is 0 Å². The molecule has 1 atom stereocenters. The third-order valence-electron chi connectivity index (χ3n) is 4.64. The van der Waals surface area contributed by atoms with Gasteiger partial charge < -0.3 is 14.8 Å². The van der Waals surface area contributed by atoms with E-state index in [1.54, 1.807) is 11.3 Å². The number of nitrogens with one attached hydrogen (secondary N) is 1. The van der Waals surface area contributed by atoms with Gasteiger partial charge in [0.1, 0.15) is 17.2 Å². The summed E-state index contributed by atoms with van der Waals surface area (Å²) >= 11 is 1.71. The van der Waals surface area contributed by atoms with Crippen molar-refractivity contribution < 1.29 is 9.47 Å². The largest absolute Gasteiger partial charge is 0.494 e. The molecule has 1 aromatic heterocycles. The second-order valence-corrected chi connectivity index (χ2v) is 7.36. The number of fused-ring (bicyclic) bond motifs is 1. The van der Waals surface area contributed by atoms with Gasteiger partial charge in [0.15, 0.2) is 0 Å². The van der Waals surface area contributed by atoms with Crippen LogP contribution in [0.25, 0.3) is 10.1 Å². The Morgan fingerprint density at radius 3 is 2.68 bits per heavy atom. The summed E-state index contributed by atoms with van der Waals surface area (Å²) in [4.78, 5) is 0. The summed E-state index contributed by atoms with van der Waals surface area (Å²) in [7, 11) is 0. The first-order valence-electron chi connectivity index (χ1n) is 8.99. The maximum atomic E-state index is 6.03. The lowest BCUT2D eigenvalue weighted by Crippen LogP contribution is -2.35. The molecule has 2 aromatic carbocycles. The standard InChI is InChI=1S/C21H23NO2S/c1-2-7-21-19(6-1)20(15-25-21)24-18-10-8-17(9-11-18)23-14-12-16-5-3-4-13-22-16/h1-2,6-11,15-16,22H,3-5,12-14H2. The first-order chi connectivity index (χ1) is 12.4. The molecule has 0 amide bonds. The van der Waals surface area contributed by atoms with Crippen molar-refractivity contribution in [1.82, 2.24) is 5.32 Å². The fourth-order valence-corrected chi connectivity index (χ4v) is 4.11. The van der Waals surface area contributed by atoms with Crippen LogP contribution in [0, 0.1) is 0 Å². The van der Waals surface area contributed by atoms with Crippen LogP contribution in [0.15, 0.2) is 53.9 Å². The molecule has 3 aromatic rings. The van der Waals surface area contributed by atoms with Gasteiger partial charge in [0, 0.05) is 21.5 Å². The van der Waals surface area contributed by atoms with Gasteiger partial charge in [0.2, 0.25) is 0 Å². The Morgan fingerprint density at radius 2 is 1.84 bits per heavy atom. The van der Waals surface area contributed by atoms with E-state index in [0.29, 0.717) is 6.04 Å². The van der Waals surface area contributed by atoms with Gasteiger partial charge in [-0.1, -0.05) is 18.6 Å². The van der Waals surface area contributed by atoms with Crippen LogP contribution in [0.5, 0.6) is 17.2 Å². The van der Waals surface area contributed by atoms with Gasteiger partial charge in [0.25, 0.3) is 0 Å². The predicted octanol–water partition coefficient (Wildman–Crippen LogP) is 5.60. The van der Waals surface area contributed by atoms with Crippen LogP contribution in [-0.2, 0) is 0 Å². The van der Waals surface area contributed by atoms with E-state index >= 15 is 0 Å². The summed E-state index contributed by atoms with van der Waals surface area (Å²) in [6, 6.07) is 16.8. The Kier molecular flexibility index (Phi) is 5.19. The summed E-state index contributed by atoms with van der Waals surface area (Å²) in [6.07, 6.45) is 4.98. The van der Waals surface area contributed by atoms with E-state index in [-0.39, 0.29) is 0 Å². The lowest BCUT2D eigenvalue weighted by atomic mass is 10.0. The monoisotopic (exact) mass is 353 g/mol. The molecule has 1 saturated heterocycles. The van der Waals surface area contributed by atoms with Crippen LogP contribution >= 0.6 is 11.3 Å². The van der Waals surface area contributed by atoms with E-state index in [1.165, 1.54) is 24.0 Å². The highest BCUT2D eigenvalue weighted by Crippen LogP contribution is 2.35. The van der Waals surface area contributed by atoms with Crippen LogP contribution in [0.3, 0.4) is 0 Å². The molecule has 1 N–H and O–H groups in total. The van der Waals surface area contributed by atoms with E-state index in [9.17, 15) is 0 Å². The predicted molar refractivity (Wildman–Crippen MR) is 104 cm³/mol. The molecule has 1 aliphatic heterocycles. The molecular formula is C21H23NO2S. The molecule has 1 unspecified atom stereocenters. The fourth-order valence-electron chi connectivity index (χ4n) is 3.25. The number of thiophene rings is 1. The Hall–Kier alpha value is -2.04. The average Bonchev–Trinajstić information content (AvgIpc) is 3.07. The average molecular weight is 353 g/mol. The minimum absolute atomic E-state index is 0.614. The molecule has 0 bridgehead atoms. The molecule has 1 aliphatic rings. The normalized spacial score (nSPS) is 17.5. The molecule has 0 saturated carbocycles. The van der Waals surface area contributed by atoms with E-state index in [0.717, 1.165) is 42.2 Å². The summed E-state index contributed by atoms with van der Waals surface area (Å²) in [6.45, 7) is 1.90. The molecule has 1 fully saturated rings. The number of ether oxygens (including phenoxy) is 2. The molecule has 3 nitrogen and oxygen atoms in total. The van der Waals surface area contributed by atoms with Crippen LogP contribution in [0.4, 0.5) is 0 Å². The van der Waals surface area contributed by atoms with Crippen molar-refractivity contribution in [3.8, 4) is 17.2 Å². The quantitative estimate of drug-likeness (QED) is 0.625. The summed E-state index contributed by atoms with van der Waals surface area (Å²) < 4.78 is 13.2. The molecule has 0 radical (unpaired) electrons. The highest BCUT2D eigenvalue weighted by molar-refractivity contribution is 7.17. The lowest BCUT2D eigenvalue weighted by Gasteiger charge is -2.23. The zero-order valence-corrected chi connectivity index (χ0v) is 15.1. The van der Waals surface area contributed by atoms with E-state index in [4.69, 9.17) is 9.47 Å². The van der Waals surface area contributed by atoms with E-state index in [1.807, 2.05) is 30.3 Å². The van der Waals surface area contributed by atoms with Gasteiger partial charge in [-0.25, -0.2) is 0 Å². The van der Waals surface area contributed by atoms with Crippen LogP contribution in [0.2, 0.25) is 0 Å². The van der Waals surface area contributed by atoms with Gasteiger partial charge in [-0.3, -0.25) is 0 Å². The van der Waals surface area contributed by atoms with Crippen molar-refractivity contribution in [3.63, 3.8) is 0 Å². The highest BCUT2D eigenvalue weighted by atomic mass is 32.1. The summed E-state index contributed by atoms with van der Waals surface area (Å²) in [5, 5.41) is 6.78. The van der Waals surface area contributed by atoms with Gasteiger partial charge in [-0.05, 0) is 62.2 Å². The third kappa shape index (κ3) is 4.14. The highest BCUT2D eigenvalue weighted by Gasteiger charge is 2.12. The first-order valence-corrected chi connectivity index (χ1v) is 9.87. The van der Waals surface area contributed by atoms with Crippen molar-refractivity contribution in [2.24, 2.45) is 0 Å². The minimum atomic E-state index is 0.614. The van der Waals surface area contributed by atoms with Gasteiger partial charge in [-0.15, -0.1) is 11.3 Å². The van der Waals surface area contributed by atoms with Crippen molar-refractivity contribution in [2.75, 3.05) is 13.2 Å². The molecule has 4 heteroatoms. The number of benzene rings is 2. The van der Waals surface area contributed by atoms with Crippen LogP contribution in [0.1, 0.15) is 25.7 Å². The molecule has 0 aliphatic carbocycles. The zero-order chi connectivity index (χ0) is 16.9. The lowest BCUT2D eigenvalue weighted by molar-refractivity contribution is 0.268. The van der Waals surface area contributed by atoms with Gasteiger partial charge in [0.05, 0.1) is 6.61 Å². The molecular weight excluding hydrogens is 330 g/mol. The smallest absolute Gasteiger partial charge is 0.145 e. The minimum Gasteiger partial charge on any atom is -0.494 e. The second-order valence-electron chi connectivity index (χ2n) is 6.45. The van der Waals surface area contributed by atoms with Gasteiger partial charge in [-0.2, -0.15) is 0 Å². The number of rotatable bonds is 6. The van der Waals surface area contributed by atoms with E-state index in [2.05, 4.69) is 28.9 Å². The third-order valence-corrected chi connectivity index (χ3v) is 5.59. The molecule has 25 heavy (non-hydrogen) atoms. The fraction of sp³-hybridized carbons (Fsp3) is 0.333. The summed E-state index contributed by atoms with van der Waals surface area (Å²) in [5.74, 6) is 2.65. The van der Waals surface area contributed by atoms with Gasteiger partial charge >= 0.3 is 0 Å². The zero-order valence-electron chi connectivity index (χ0n) is 14.2. The number of hydrogen-bond acceptors (Lipinski definition) is 4. The maximum Gasteiger partial charge on any atom is 0.145 e. The molecule has 0 spiro atoms.